The van der Waals surface area contributed by atoms with E-state index in [0.29, 0.717) is 18.2 Å². The van der Waals surface area contributed by atoms with Crippen molar-refractivity contribution >= 4 is 17.5 Å². The SMILES string of the molecule is O=C1NCC(c2ccc(Cl)cc2)Cc2[nH]c(C3CCOCC3)nc21. The number of ether oxygens (including phenoxy) is 1. The Morgan fingerprint density at radius 2 is 1.88 bits per heavy atom. The van der Waals surface area contributed by atoms with Crippen LogP contribution in [0.1, 0.15) is 52.2 Å². The average Bonchev–Trinajstić information content (AvgIpc) is 2.97. The molecule has 0 spiro atoms. The Kier molecular flexibility index (Phi) is 4.29. The lowest BCUT2D eigenvalue weighted by Gasteiger charge is -2.20. The fourth-order valence-electron chi connectivity index (χ4n) is 3.52. The predicted molar refractivity (Wildman–Crippen MR) is 91.6 cm³/mol. The van der Waals surface area contributed by atoms with Crippen LogP contribution in [0.5, 0.6) is 0 Å². The van der Waals surface area contributed by atoms with Gasteiger partial charge >= 0.3 is 0 Å². The normalized spacial score (nSPS) is 21.9. The summed E-state index contributed by atoms with van der Waals surface area (Å²) in [5.41, 5.74) is 2.66. The third kappa shape index (κ3) is 3.06. The van der Waals surface area contributed by atoms with E-state index in [0.717, 1.165) is 49.0 Å². The minimum absolute atomic E-state index is 0.0870. The fraction of sp³-hybridized carbons (Fsp3) is 0.444. The molecule has 1 fully saturated rings. The van der Waals surface area contributed by atoms with E-state index >= 15 is 0 Å². The molecule has 2 aromatic rings. The largest absolute Gasteiger partial charge is 0.381 e. The molecule has 1 atom stereocenters. The molecule has 2 aliphatic rings. The van der Waals surface area contributed by atoms with E-state index in [1.165, 1.54) is 5.56 Å². The van der Waals surface area contributed by atoms with Crippen molar-refractivity contribution in [1.29, 1.82) is 0 Å². The first kappa shape index (κ1) is 15.7. The van der Waals surface area contributed by atoms with Crippen molar-refractivity contribution in [3.63, 3.8) is 0 Å². The van der Waals surface area contributed by atoms with Gasteiger partial charge in [-0.25, -0.2) is 4.98 Å². The van der Waals surface area contributed by atoms with Gasteiger partial charge in [0.2, 0.25) is 0 Å². The number of amides is 1. The van der Waals surface area contributed by atoms with Gasteiger partial charge in [-0.1, -0.05) is 23.7 Å². The fourth-order valence-corrected chi connectivity index (χ4v) is 3.64. The van der Waals surface area contributed by atoms with E-state index in [-0.39, 0.29) is 11.8 Å². The summed E-state index contributed by atoms with van der Waals surface area (Å²) in [7, 11) is 0. The quantitative estimate of drug-likeness (QED) is 0.879. The number of rotatable bonds is 2. The number of nitrogens with one attached hydrogen (secondary N) is 2. The highest BCUT2D eigenvalue weighted by molar-refractivity contribution is 6.30. The summed E-state index contributed by atoms with van der Waals surface area (Å²) in [6.07, 6.45) is 2.68. The zero-order valence-corrected chi connectivity index (χ0v) is 14.1. The van der Waals surface area contributed by atoms with Crippen LogP contribution in [0.3, 0.4) is 0 Å². The monoisotopic (exact) mass is 345 g/mol. The summed E-state index contributed by atoms with van der Waals surface area (Å²) in [5.74, 6) is 1.41. The van der Waals surface area contributed by atoms with Crippen LogP contribution in [0.2, 0.25) is 5.02 Å². The number of carbonyl (C=O) groups is 1. The number of benzene rings is 1. The van der Waals surface area contributed by atoms with Crippen LogP contribution in [0.4, 0.5) is 0 Å². The Balaban J connectivity index is 1.61. The molecule has 1 aromatic heterocycles. The molecule has 3 heterocycles. The van der Waals surface area contributed by atoms with Crippen LogP contribution < -0.4 is 5.32 Å². The van der Waals surface area contributed by atoms with E-state index in [9.17, 15) is 4.79 Å². The molecule has 5 nitrogen and oxygen atoms in total. The summed E-state index contributed by atoms with van der Waals surface area (Å²) >= 11 is 5.98. The molecule has 0 radical (unpaired) electrons. The van der Waals surface area contributed by atoms with Gasteiger partial charge in [-0.2, -0.15) is 0 Å². The average molecular weight is 346 g/mol. The number of imidazole rings is 1. The van der Waals surface area contributed by atoms with Gasteiger partial charge in [-0.3, -0.25) is 4.79 Å². The van der Waals surface area contributed by atoms with Crippen molar-refractivity contribution < 1.29 is 9.53 Å². The molecule has 0 saturated carbocycles. The molecule has 4 rings (SSSR count). The number of H-pyrrole nitrogens is 1. The van der Waals surface area contributed by atoms with Crippen LogP contribution in [0, 0.1) is 0 Å². The maximum Gasteiger partial charge on any atom is 0.271 e. The third-order valence-corrected chi connectivity index (χ3v) is 5.17. The van der Waals surface area contributed by atoms with Gasteiger partial charge in [0.05, 0.1) is 0 Å². The van der Waals surface area contributed by atoms with E-state index in [1.807, 2.05) is 24.3 Å². The number of nitrogens with zero attached hydrogens (tertiary/aromatic N) is 1. The molecule has 24 heavy (non-hydrogen) atoms. The second kappa shape index (κ2) is 6.57. The minimum Gasteiger partial charge on any atom is -0.381 e. The number of aromatic nitrogens is 2. The van der Waals surface area contributed by atoms with Crippen molar-refractivity contribution in [3.8, 4) is 0 Å². The number of halogens is 1. The maximum atomic E-state index is 12.4. The molecular weight excluding hydrogens is 326 g/mol. The molecule has 126 valence electrons. The van der Waals surface area contributed by atoms with Crippen molar-refractivity contribution in [2.75, 3.05) is 19.8 Å². The molecule has 2 N–H and O–H groups in total. The number of carbonyl (C=O) groups excluding carboxylic acids is 1. The summed E-state index contributed by atoms with van der Waals surface area (Å²) in [6, 6.07) is 7.84. The summed E-state index contributed by atoms with van der Waals surface area (Å²) in [4.78, 5) is 20.4. The third-order valence-electron chi connectivity index (χ3n) is 4.92. The van der Waals surface area contributed by atoms with Gasteiger partial charge in [0.1, 0.15) is 11.5 Å². The highest BCUT2D eigenvalue weighted by Crippen LogP contribution is 2.29. The lowest BCUT2D eigenvalue weighted by Crippen LogP contribution is -2.26. The Morgan fingerprint density at radius 3 is 2.62 bits per heavy atom. The molecule has 0 bridgehead atoms. The van der Waals surface area contributed by atoms with Crippen molar-refractivity contribution in [3.05, 3.63) is 52.1 Å². The maximum absolute atomic E-state index is 12.4. The van der Waals surface area contributed by atoms with Gasteiger partial charge in [0.25, 0.3) is 5.91 Å². The number of hydrogen-bond acceptors (Lipinski definition) is 3. The van der Waals surface area contributed by atoms with E-state index < -0.39 is 0 Å². The summed E-state index contributed by atoms with van der Waals surface area (Å²) in [6.45, 7) is 2.13. The highest BCUT2D eigenvalue weighted by Gasteiger charge is 2.28. The Bertz CT molecular complexity index is 735. The lowest BCUT2D eigenvalue weighted by molar-refractivity contribution is 0.0836. The van der Waals surface area contributed by atoms with Crippen LogP contribution in [-0.2, 0) is 11.2 Å². The summed E-state index contributed by atoms with van der Waals surface area (Å²) in [5, 5.41) is 3.72. The zero-order valence-electron chi connectivity index (χ0n) is 13.3. The van der Waals surface area contributed by atoms with Crippen LogP contribution >= 0.6 is 11.6 Å². The van der Waals surface area contributed by atoms with Crippen molar-refractivity contribution in [1.82, 2.24) is 15.3 Å². The predicted octanol–water partition coefficient (Wildman–Crippen LogP) is 3.03. The zero-order chi connectivity index (χ0) is 16.5. The van der Waals surface area contributed by atoms with Gasteiger partial charge in [-0.05, 0) is 37.0 Å². The topological polar surface area (TPSA) is 67.0 Å². The molecule has 1 aromatic carbocycles. The van der Waals surface area contributed by atoms with Gasteiger partial charge < -0.3 is 15.0 Å². The molecule has 0 aliphatic carbocycles. The lowest BCUT2D eigenvalue weighted by atomic mass is 9.94. The first-order valence-electron chi connectivity index (χ1n) is 8.41. The number of hydrogen-bond donors (Lipinski definition) is 2. The van der Waals surface area contributed by atoms with Crippen molar-refractivity contribution in [2.24, 2.45) is 0 Å². The highest BCUT2D eigenvalue weighted by atomic mass is 35.5. The molecule has 1 saturated heterocycles. The Hall–Kier alpha value is -1.85. The van der Waals surface area contributed by atoms with Crippen LogP contribution in [-0.4, -0.2) is 35.6 Å². The molecule has 2 aliphatic heterocycles. The number of aromatic amines is 1. The van der Waals surface area contributed by atoms with Crippen molar-refractivity contribution in [2.45, 2.75) is 31.1 Å². The second-order valence-electron chi connectivity index (χ2n) is 6.50. The van der Waals surface area contributed by atoms with E-state index in [4.69, 9.17) is 16.3 Å². The smallest absolute Gasteiger partial charge is 0.271 e. The minimum atomic E-state index is -0.0870. The standard InChI is InChI=1S/C18H20ClN3O2/c19-14-3-1-11(2-4-14)13-9-15-16(18(23)20-10-13)22-17(21-15)12-5-7-24-8-6-12/h1-4,12-13H,5-10H2,(H,20,23)(H,21,22). The molecular formula is C18H20ClN3O2. The van der Waals surface area contributed by atoms with Crippen LogP contribution in [0.15, 0.2) is 24.3 Å². The van der Waals surface area contributed by atoms with E-state index in [1.54, 1.807) is 0 Å². The van der Waals surface area contributed by atoms with Gasteiger partial charge in [-0.15, -0.1) is 0 Å². The first-order chi connectivity index (χ1) is 11.7. The van der Waals surface area contributed by atoms with Gasteiger partial charge in [0, 0.05) is 42.3 Å². The Labute approximate surface area is 145 Å². The molecule has 6 heteroatoms. The number of fused-ring (bicyclic) bond motifs is 1. The summed E-state index contributed by atoms with van der Waals surface area (Å²) < 4.78 is 5.42. The molecule has 1 amide bonds. The Morgan fingerprint density at radius 1 is 1.12 bits per heavy atom. The first-order valence-corrected chi connectivity index (χ1v) is 8.78. The van der Waals surface area contributed by atoms with E-state index in [2.05, 4.69) is 15.3 Å². The molecule has 1 unspecified atom stereocenters. The second-order valence-corrected chi connectivity index (χ2v) is 6.93. The van der Waals surface area contributed by atoms with Crippen LogP contribution in [0.25, 0.3) is 0 Å². The van der Waals surface area contributed by atoms with Gasteiger partial charge in [0.15, 0.2) is 0 Å².